The third kappa shape index (κ3) is 4.38. The molecule has 1 aromatic carbocycles. The number of H-pyrrole nitrogens is 1. The Kier molecular flexibility index (Phi) is 5.34. The van der Waals surface area contributed by atoms with Gasteiger partial charge in [0.1, 0.15) is 11.4 Å². The lowest BCUT2D eigenvalue weighted by Gasteiger charge is -2.12. The molecule has 12 heteroatoms. The van der Waals surface area contributed by atoms with Gasteiger partial charge in [0.15, 0.2) is 37.9 Å². The zero-order valence-corrected chi connectivity index (χ0v) is 18.3. The van der Waals surface area contributed by atoms with E-state index in [0.717, 1.165) is 6.26 Å². The molecule has 0 saturated heterocycles. The average molecular weight is 478 g/mol. The third-order valence-electron chi connectivity index (χ3n) is 4.61. The number of halogens is 1. The molecule has 0 aliphatic heterocycles. The van der Waals surface area contributed by atoms with E-state index in [-0.39, 0.29) is 28.0 Å². The van der Waals surface area contributed by atoms with E-state index in [0.29, 0.717) is 22.6 Å². The van der Waals surface area contributed by atoms with E-state index in [1.807, 2.05) is 0 Å². The molecule has 4 aromatic heterocycles. The monoisotopic (exact) mass is 478 g/mol. The van der Waals surface area contributed by atoms with Crippen LogP contribution in [0.25, 0.3) is 22.6 Å². The number of sulfone groups is 1. The molecule has 10 nitrogen and oxygen atoms in total. The van der Waals surface area contributed by atoms with Gasteiger partial charge in [0, 0.05) is 37.0 Å². The first-order valence-electron chi connectivity index (χ1n) is 9.79. The summed E-state index contributed by atoms with van der Waals surface area (Å²) in [5, 5.41) is -0.0913. The Morgan fingerprint density at radius 2 is 1.76 bits per heavy atom. The molecule has 5 aromatic rings. The van der Waals surface area contributed by atoms with Gasteiger partial charge in [-0.2, -0.15) is 4.39 Å². The summed E-state index contributed by atoms with van der Waals surface area (Å²) in [6.07, 6.45) is 8.29. The minimum atomic E-state index is -3.46. The van der Waals surface area contributed by atoms with Gasteiger partial charge in [-0.3, -0.25) is 4.98 Å². The van der Waals surface area contributed by atoms with Gasteiger partial charge in [-0.25, -0.2) is 28.4 Å². The molecule has 0 atom stereocenters. The Bertz CT molecular complexity index is 1590. The number of imidazole rings is 1. The van der Waals surface area contributed by atoms with Crippen molar-refractivity contribution in [3.05, 3.63) is 73.3 Å². The second kappa shape index (κ2) is 8.48. The van der Waals surface area contributed by atoms with Crippen molar-refractivity contribution in [2.24, 2.45) is 0 Å². The van der Waals surface area contributed by atoms with E-state index in [1.54, 1.807) is 30.7 Å². The summed E-state index contributed by atoms with van der Waals surface area (Å²) in [4.78, 5) is 23.4. The fraction of sp³-hybridized carbons (Fsp3) is 0.0455. The number of aromatic nitrogens is 6. The van der Waals surface area contributed by atoms with Gasteiger partial charge in [-0.05, 0) is 24.3 Å². The highest BCUT2D eigenvalue weighted by Gasteiger charge is 2.17. The summed E-state index contributed by atoms with van der Waals surface area (Å²) in [7, 11) is -3.46. The highest BCUT2D eigenvalue weighted by atomic mass is 32.2. The first-order chi connectivity index (χ1) is 16.4. The summed E-state index contributed by atoms with van der Waals surface area (Å²) in [5.41, 5.74) is 1.63. The van der Waals surface area contributed by atoms with Crippen LogP contribution in [-0.4, -0.2) is 44.6 Å². The van der Waals surface area contributed by atoms with Crippen LogP contribution in [0.1, 0.15) is 0 Å². The Balaban J connectivity index is 1.57. The fourth-order valence-corrected chi connectivity index (χ4v) is 3.62. The molecule has 0 aliphatic carbocycles. The zero-order chi connectivity index (χ0) is 23.7. The minimum Gasteiger partial charge on any atom is -0.452 e. The van der Waals surface area contributed by atoms with Crippen molar-refractivity contribution in [1.82, 2.24) is 29.9 Å². The maximum Gasteiger partial charge on any atom is 0.255 e. The molecule has 0 fully saturated rings. The Hall–Kier alpha value is -4.45. The minimum absolute atomic E-state index is 0.0913. The van der Waals surface area contributed by atoms with Crippen LogP contribution < -0.4 is 9.47 Å². The lowest BCUT2D eigenvalue weighted by Crippen LogP contribution is -2.00. The average Bonchev–Trinajstić information content (AvgIpc) is 3.24. The second-order valence-corrected chi connectivity index (χ2v) is 9.06. The number of rotatable bonds is 6. The van der Waals surface area contributed by atoms with E-state index >= 15 is 0 Å². The number of aromatic amines is 1. The van der Waals surface area contributed by atoms with E-state index in [1.165, 1.54) is 36.7 Å². The molecule has 0 unspecified atom stereocenters. The SMILES string of the molecule is CS(=O)(=O)c1ccc(Oc2cc3[nH]c(-c4cnccn4)nc3cc2Oc2cccnc2F)cn1. The lowest BCUT2D eigenvalue weighted by molar-refractivity contribution is 0.395. The van der Waals surface area contributed by atoms with Crippen LogP contribution >= 0.6 is 0 Å². The van der Waals surface area contributed by atoms with Crippen molar-refractivity contribution in [3.8, 4) is 34.5 Å². The Morgan fingerprint density at radius 1 is 0.912 bits per heavy atom. The van der Waals surface area contributed by atoms with Crippen LogP contribution in [-0.2, 0) is 9.84 Å². The summed E-state index contributed by atoms with van der Waals surface area (Å²) >= 11 is 0. The smallest absolute Gasteiger partial charge is 0.255 e. The molecule has 0 saturated carbocycles. The highest BCUT2D eigenvalue weighted by Crippen LogP contribution is 2.38. The number of hydrogen-bond acceptors (Lipinski definition) is 9. The van der Waals surface area contributed by atoms with Gasteiger partial charge in [-0.15, -0.1) is 0 Å². The van der Waals surface area contributed by atoms with Crippen LogP contribution in [0.3, 0.4) is 0 Å². The van der Waals surface area contributed by atoms with Gasteiger partial charge in [0.25, 0.3) is 5.95 Å². The van der Waals surface area contributed by atoms with Crippen molar-refractivity contribution >= 4 is 20.9 Å². The van der Waals surface area contributed by atoms with Gasteiger partial charge in [0.2, 0.25) is 0 Å². The van der Waals surface area contributed by atoms with Crippen molar-refractivity contribution in [2.75, 3.05) is 6.26 Å². The van der Waals surface area contributed by atoms with Crippen LogP contribution in [0.2, 0.25) is 0 Å². The lowest BCUT2D eigenvalue weighted by atomic mass is 10.2. The number of benzene rings is 1. The molecule has 0 amide bonds. The molecule has 4 heterocycles. The third-order valence-corrected chi connectivity index (χ3v) is 5.62. The summed E-state index contributed by atoms with van der Waals surface area (Å²) in [6, 6.07) is 8.94. The molecule has 0 radical (unpaired) electrons. The van der Waals surface area contributed by atoms with E-state index in [4.69, 9.17) is 9.47 Å². The maximum absolute atomic E-state index is 14.1. The second-order valence-electron chi connectivity index (χ2n) is 7.09. The standard InChI is InChI=1S/C22H15FN6O4S/c1-34(30,31)20-5-4-13(11-27-20)32-18-9-14-15(29-22(28-14)16-12-24-7-8-25-16)10-19(18)33-17-3-2-6-26-21(17)23/h2-12H,1H3,(H,28,29). The van der Waals surface area contributed by atoms with Crippen LogP contribution in [0.4, 0.5) is 4.39 Å². The zero-order valence-electron chi connectivity index (χ0n) is 17.5. The number of nitrogens with one attached hydrogen (secondary N) is 1. The molecular weight excluding hydrogens is 463 g/mol. The molecule has 1 N–H and O–H groups in total. The molecule has 34 heavy (non-hydrogen) atoms. The number of fused-ring (bicyclic) bond motifs is 1. The van der Waals surface area contributed by atoms with Crippen molar-refractivity contribution in [2.45, 2.75) is 5.03 Å². The summed E-state index contributed by atoms with van der Waals surface area (Å²) < 4.78 is 49.2. The summed E-state index contributed by atoms with van der Waals surface area (Å²) in [6.45, 7) is 0. The number of pyridine rings is 2. The van der Waals surface area contributed by atoms with Gasteiger partial charge in [0.05, 0.1) is 23.4 Å². The van der Waals surface area contributed by atoms with Crippen molar-refractivity contribution < 1.29 is 22.3 Å². The van der Waals surface area contributed by atoms with Gasteiger partial charge in [-0.1, -0.05) is 0 Å². The largest absolute Gasteiger partial charge is 0.452 e. The molecule has 170 valence electrons. The molecule has 0 bridgehead atoms. The van der Waals surface area contributed by atoms with E-state index in [2.05, 4.69) is 29.9 Å². The molecule has 0 spiro atoms. The normalized spacial score (nSPS) is 11.5. The predicted molar refractivity (Wildman–Crippen MR) is 119 cm³/mol. The Labute approximate surface area is 192 Å². The topological polar surface area (TPSA) is 133 Å². The Morgan fingerprint density at radius 3 is 2.47 bits per heavy atom. The number of ether oxygens (including phenoxy) is 2. The van der Waals surface area contributed by atoms with Gasteiger partial charge >= 0.3 is 0 Å². The first-order valence-corrected chi connectivity index (χ1v) is 11.7. The maximum atomic E-state index is 14.1. The van der Waals surface area contributed by atoms with Crippen molar-refractivity contribution in [3.63, 3.8) is 0 Å². The van der Waals surface area contributed by atoms with Crippen LogP contribution in [0.15, 0.2) is 72.4 Å². The quantitative estimate of drug-likeness (QED) is 0.360. The van der Waals surface area contributed by atoms with Gasteiger partial charge < -0.3 is 14.5 Å². The number of nitrogens with zero attached hydrogens (tertiary/aromatic N) is 5. The van der Waals surface area contributed by atoms with Crippen LogP contribution in [0, 0.1) is 5.95 Å². The van der Waals surface area contributed by atoms with E-state index in [9.17, 15) is 12.8 Å². The predicted octanol–water partition coefficient (Wildman–Crippen LogP) is 3.94. The molecular formula is C22H15FN6O4S. The van der Waals surface area contributed by atoms with Crippen LogP contribution in [0.5, 0.6) is 23.0 Å². The first kappa shape index (κ1) is 21.4. The summed E-state index contributed by atoms with van der Waals surface area (Å²) in [5.74, 6) is 0.176. The highest BCUT2D eigenvalue weighted by molar-refractivity contribution is 7.90. The molecule has 5 rings (SSSR count). The fourth-order valence-electron chi connectivity index (χ4n) is 3.06. The van der Waals surface area contributed by atoms with E-state index < -0.39 is 15.8 Å². The number of hydrogen-bond donors (Lipinski definition) is 1. The molecule has 0 aliphatic rings. The van der Waals surface area contributed by atoms with Crippen molar-refractivity contribution in [1.29, 1.82) is 0 Å².